The van der Waals surface area contributed by atoms with Crippen LogP contribution in [0.5, 0.6) is 5.75 Å². The molecule has 0 fully saturated rings. The molecule has 3 aromatic rings. The quantitative estimate of drug-likeness (QED) is 0.547. The van der Waals surface area contributed by atoms with Crippen LogP contribution in [0.3, 0.4) is 0 Å². The average molecular weight is 387 g/mol. The Balaban J connectivity index is 1.76. The van der Waals surface area contributed by atoms with Gasteiger partial charge in [-0.3, -0.25) is 0 Å². The number of benzene rings is 2. The molecule has 0 saturated carbocycles. The van der Waals surface area contributed by atoms with Gasteiger partial charge >= 0.3 is 5.63 Å². The molecule has 2 aromatic carbocycles. The number of halogens is 2. The summed E-state index contributed by atoms with van der Waals surface area (Å²) in [7, 11) is 0. The Hall–Kier alpha value is -2.33. The molecule has 3 nitrogen and oxygen atoms in total. The van der Waals surface area contributed by atoms with Gasteiger partial charge in [-0.1, -0.05) is 24.6 Å². The number of aryl methyl sites for hydroxylation is 2. The van der Waals surface area contributed by atoms with Gasteiger partial charge in [0.25, 0.3) is 0 Å². The molecule has 0 bridgehead atoms. The summed E-state index contributed by atoms with van der Waals surface area (Å²) in [5, 5.41) is 1.31. The monoisotopic (exact) mass is 386 g/mol. The molecule has 1 aromatic heterocycles. The van der Waals surface area contributed by atoms with Gasteiger partial charge in [0.2, 0.25) is 0 Å². The molecule has 0 saturated heterocycles. The molecule has 0 spiro atoms. The molecular weight excluding hydrogens is 367 g/mol. The van der Waals surface area contributed by atoms with Crippen molar-refractivity contribution in [1.29, 1.82) is 0 Å². The Morgan fingerprint density at radius 1 is 1.19 bits per heavy atom. The Morgan fingerprint density at radius 3 is 2.70 bits per heavy atom. The minimum atomic E-state index is -0.401. The molecule has 0 N–H and O–H groups in total. The van der Waals surface area contributed by atoms with Gasteiger partial charge in [0.05, 0.1) is 5.02 Å². The molecule has 0 atom stereocenters. The van der Waals surface area contributed by atoms with Crippen LogP contribution < -0.4 is 10.4 Å². The van der Waals surface area contributed by atoms with E-state index < -0.39 is 5.82 Å². The fourth-order valence-corrected chi connectivity index (χ4v) is 3.96. The maximum atomic E-state index is 14.0. The highest BCUT2D eigenvalue weighted by molar-refractivity contribution is 6.31. The maximum absolute atomic E-state index is 14.0. The van der Waals surface area contributed by atoms with Crippen molar-refractivity contribution in [2.45, 2.75) is 45.6 Å². The lowest BCUT2D eigenvalue weighted by Gasteiger charge is -2.18. The van der Waals surface area contributed by atoms with Crippen molar-refractivity contribution in [2.75, 3.05) is 0 Å². The fraction of sp³-hybridized carbons (Fsp3) is 0.318. The predicted molar refractivity (Wildman–Crippen MR) is 104 cm³/mol. The van der Waals surface area contributed by atoms with Crippen molar-refractivity contribution in [3.8, 4) is 5.75 Å². The van der Waals surface area contributed by atoms with Gasteiger partial charge < -0.3 is 9.15 Å². The second-order valence-corrected chi connectivity index (χ2v) is 7.26. The topological polar surface area (TPSA) is 39.4 Å². The minimum Gasteiger partial charge on any atom is -0.488 e. The Morgan fingerprint density at radius 2 is 1.96 bits per heavy atom. The largest absolute Gasteiger partial charge is 0.488 e. The van der Waals surface area contributed by atoms with Gasteiger partial charge in [0.15, 0.2) is 0 Å². The van der Waals surface area contributed by atoms with Crippen molar-refractivity contribution in [2.24, 2.45) is 0 Å². The van der Waals surface area contributed by atoms with Gasteiger partial charge in [-0.05, 0) is 61.4 Å². The lowest BCUT2D eigenvalue weighted by molar-refractivity contribution is 0.297. The Bertz CT molecular complexity index is 1050. The molecule has 27 heavy (non-hydrogen) atoms. The number of ether oxygens (including phenoxy) is 1. The van der Waals surface area contributed by atoms with Crippen LogP contribution in [-0.4, -0.2) is 0 Å². The number of hydrogen-bond acceptors (Lipinski definition) is 3. The third kappa shape index (κ3) is 3.34. The van der Waals surface area contributed by atoms with E-state index in [-0.39, 0.29) is 12.2 Å². The van der Waals surface area contributed by atoms with E-state index in [2.05, 4.69) is 0 Å². The summed E-state index contributed by atoms with van der Waals surface area (Å²) in [6.45, 7) is 2.05. The van der Waals surface area contributed by atoms with Crippen molar-refractivity contribution in [1.82, 2.24) is 0 Å². The van der Waals surface area contributed by atoms with Crippen LogP contribution in [0, 0.1) is 5.82 Å². The molecular formula is C22H20ClFO3. The summed E-state index contributed by atoms with van der Waals surface area (Å²) >= 11 is 6.08. The number of rotatable bonds is 4. The van der Waals surface area contributed by atoms with Gasteiger partial charge in [0.1, 0.15) is 23.8 Å². The molecule has 140 valence electrons. The minimum absolute atomic E-state index is 0.0131. The standard InChI is InChI=1S/C22H20ClFO3/c1-2-13-10-16-14-6-3-4-7-15(14)22(25)27-21(16)11-20(13)26-12-17-18(23)8-5-9-19(17)24/h5,8-11H,2-4,6-7,12H2,1H3. The summed E-state index contributed by atoms with van der Waals surface area (Å²) in [6, 6.07) is 8.35. The second kappa shape index (κ2) is 7.35. The Kier molecular flexibility index (Phi) is 4.92. The molecule has 0 radical (unpaired) electrons. The first-order chi connectivity index (χ1) is 13.1. The van der Waals surface area contributed by atoms with Crippen LogP contribution in [0.15, 0.2) is 39.5 Å². The second-order valence-electron chi connectivity index (χ2n) is 6.85. The SMILES string of the molecule is CCc1cc2c3c(c(=O)oc2cc1OCc1c(F)cccc1Cl)CCCC3. The van der Waals surface area contributed by atoms with Crippen molar-refractivity contribution >= 4 is 22.6 Å². The molecule has 0 aliphatic heterocycles. The van der Waals surface area contributed by atoms with E-state index in [4.69, 9.17) is 20.8 Å². The smallest absolute Gasteiger partial charge is 0.339 e. The fourth-order valence-electron chi connectivity index (χ4n) is 3.75. The third-order valence-corrected chi connectivity index (χ3v) is 5.57. The lowest BCUT2D eigenvalue weighted by atomic mass is 9.90. The van der Waals surface area contributed by atoms with E-state index in [1.54, 1.807) is 18.2 Å². The molecule has 1 aliphatic rings. The van der Waals surface area contributed by atoms with Crippen molar-refractivity contribution in [3.05, 3.63) is 73.8 Å². The van der Waals surface area contributed by atoms with E-state index in [9.17, 15) is 9.18 Å². The molecule has 0 unspecified atom stereocenters. The summed E-state index contributed by atoms with van der Waals surface area (Å²) in [5.41, 5.74) is 3.48. The van der Waals surface area contributed by atoms with Gasteiger partial charge in [-0.25, -0.2) is 9.18 Å². The van der Waals surface area contributed by atoms with Crippen molar-refractivity contribution in [3.63, 3.8) is 0 Å². The first-order valence-electron chi connectivity index (χ1n) is 9.25. The zero-order valence-corrected chi connectivity index (χ0v) is 15.9. The highest BCUT2D eigenvalue weighted by Crippen LogP contribution is 2.33. The summed E-state index contributed by atoms with van der Waals surface area (Å²) in [4.78, 5) is 12.3. The molecule has 5 heteroatoms. The van der Waals surface area contributed by atoms with E-state index in [0.717, 1.165) is 54.2 Å². The predicted octanol–water partition coefficient (Wildman–Crippen LogP) is 5.61. The zero-order chi connectivity index (χ0) is 19.0. The molecule has 0 amide bonds. The molecule has 1 aliphatic carbocycles. The normalized spacial score (nSPS) is 13.6. The van der Waals surface area contributed by atoms with Gasteiger partial charge in [-0.15, -0.1) is 0 Å². The lowest BCUT2D eigenvalue weighted by Crippen LogP contribution is -2.16. The van der Waals surface area contributed by atoms with Gasteiger partial charge in [-0.2, -0.15) is 0 Å². The maximum Gasteiger partial charge on any atom is 0.339 e. The van der Waals surface area contributed by atoms with E-state index in [0.29, 0.717) is 21.9 Å². The third-order valence-electron chi connectivity index (χ3n) is 5.22. The average Bonchev–Trinajstić information content (AvgIpc) is 2.67. The molecule has 1 heterocycles. The van der Waals surface area contributed by atoms with Crippen LogP contribution in [0.1, 0.15) is 42.0 Å². The van der Waals surface area contributed by atoms with E-state index >= 15 is 0 Å². The Labute approximate surface area is 161 Å². The first kappa shape index (κ1) is 18.1. The van der Waals surface area contributed by atoms with Crippen molar-refractivity contribution < 1.29 is 13.5 Å². The summed E-state index contributed by atoms with van der Waals surface area (Å²) in [5.74, 6) is 0.185. The highest BCUT2D eigenvalue weighted by Gasteiger charge is 2.20. The number of fused-ring (bicyclic) bond motifs is 3. The first-order valence-corrected chi connectivity index (χ1v) is 9.63. The van der Waals surface area contributed by atoms with E-state index in [1.807, 2.05) is 13.0 Å². The van der Waals surface area contributed by atoms with Crippen LogP contribution in [0.4, 0.5) is 4.39 Å². The summed E-state index contributed by atoms with van der Waals surface area (Å²) in [6.07, 6.45) is 4.53. The van der Waals surface area contributed by atoms with Crippen LogP contribution in [0.2, 0.25) is 5.02 Å². The van der Waals surface area contributed by atoms with Crippen LogP contribution in [-0.2, 0) is 25.9 Å². The van der Waals surface area contributed by atoms with E-state index in [1.165, 1.54) is 6.07 Å². The summed E-state index contributed by atoms with van der Waals surface area (Å²) < 4.78 is 25.5. The zero-order valence-electron chi connectivity index (χ0n) is 15.1. The van der Waals surface area contributed by atoms with Crippen LogP contribution in [0.25, 0.3) is 11.0 Å². The highest BCUT2D eigenvalue weighted by atomic mass is 35.5. The van der Waals surface area contributed by atoms with Gasteiger partial charge in [0, 0.05) is 22.6 Å². The van der Waals surface area contributed by atoms with Crippen LogP contribution >= 0.6 is 11.6 Å². The number of hydrogen-bond donors (Lipinski definition) is 0. The molecule has 4 rings (SSSR count).